The molecule has 2 rings (SSSR count). The van der Waals surface area contributed by atoms with Crippen LogP contribution in [-0.2, 0) is 11.2 Å². The second-order valence-corrected chi connectivity index (χ2v) is 4.87. The van der Waals surface area contributed by atoms with Gasteiger partial charge in [0.25, 0.3) is 0 Å². The summed E-state index contributed by atoms with van der Waals surface area (Å²) in [4.78, 5) is 23.5. The number of carbonyl (C=O) groups excluding carboxylic acids is 2. The number of nitrogens with one attached hydrogen (secondary N) is 1. The highest BCUT2D eigenvalue weighted by Gasteiger charge is 2.15. The minimum absolute atomic E-state index is 0.152. The van der Waals surface area contributed by atoms with E-state index in [9.17, 15) is 9.59 Å². The van der Waals surface area contributed by atoms with Gasteiger partial charge in [-0.3, -0.25) is 0 Å². The molecule has 2 aromatic rings. The lowest BCUT2D eigenvalue weighted by Gasteiger charge is -2.11. The first-order chi connectivity index (χ1) is 11.7. The molecule has 0 fully saturated rings. The summed E-state index contributed by atoms with van der Waals surface area (Å²) >= 11 is 0. The van der Waals surface area contributed by atoms with Gasteiger partial charge in [-0.2, -0.15) is 0 Å². The maximum atomic E-state index is 11.9. The molecule has 6 heteroatoms. The Balaban J connectivity index is 1.91. The van der Waals surface area contributed by atoms with Crippen molar-refractivity contribution < 1.29 is 23.8 Å². The molecule has 0 spiro atoms. The fraction of sp³-hybridized carbons (Fsp3) is 0.222. The topological polar surface area (TPSA) is 73.9 Å². The molecule has 2 aromatic carbocycles. The highest BCUT2D eigenvalue weighted by molar-refractivity contribution is 5.93. The summed E-state index contributed by atoms with van der Waals surface area (Å²) in [6.45, 7) is 0.375. The van der Waals surface area contributed by atoms with E-state index in [2.05, 4.69) is 10.1 Å². The van der Waals surface area contributed by atoms with E-state index in [1.54, 1.807) is 19.2 Å². The fourth-order valence-corrected chi connectivity index (χ4v) is 2.18. The van der Waals surface area contributed by atoms with E-state index in [1.165, 1.54) is 19.2 Å². The van der Waals surface area contributed by atoms with Crippen molar-refractivity contribution in [2.45, 2.75) is 6.42 Å². The van der Waals surface area contributed by atoms with Crippen LogP contribution < -0.4 is 14.8 Å². The van der Waals surface area contributed by atoms with Crippen LogP contribution in [0.2, 0.25) is 0 Å². The summed E-state index contributed by atoms with van der Waals surface area (Å²) in [6.07, 6.45) is -0.0427. The Hall–Kier alpha value is -3.02. The van der Waals surface area contributed by atoms with Crippen molar-refractivity contribution in [3.05, 3.63) is 59.7 Å². The minimum atomic E-state index is -0.638. The third-order valence-electron chi connectivity index (χ3n) is 3.35. The van der Waals surface area contributed by atoms with E-state index < -0.39 is 12.1 Å². The van der Waals surface area contributed by atoms with Crippen molar-refractivity contribution in [2.24, 2.45) is 0 Å². The largest absolute Gasteiger partial charge is 0.496 e. The molecule has 0 radical (unpaired) electrons. The summed E-state index contributed by atoms with van der Waals surface area (Å²) in [6, 6.07) is 14.0. The van der Waals surface area contributed by atoms with E-state index in [1.807, 2.05) is 24.3 Å². The van der Waals surface area contributed by atoms with E-state index >= 15 is 0 Å². The number of hydrogen-bond acceptors (Lipinski definition) is 5. The number of hydrogen-bond donors (Lipinski definition) is 1. The van der Waals surface area contributed by atoms with E-state index in [-0.39, 0.29) is 11.3 Å². The van der Waals surface area contributed by atoms with Gasteiger partial charge < -0.3 is 19.5 Å². The molecule has 6 nitrogen and oxygen atoms in total. The molecule has 0 saturated carbocycles. The highest BCUT2D eigenvalue weighted by atomic mass is 16.6. The van der Waals surface area contributed by atoms with Gasteiger partial charge in [-0.05, 0) is 30.2 Å². The van der Waals surface area contributed by atoms with Crippen LogP contribution in [0.15, 0.2) is 48.5 Å². The molecule has 1 N–H and O–H groups in total. The van der Waals surface area contributed by atoms with Crippen molar-refractivity contribution in [2.75, 3.05) is 20.8 Å². The van der Waals surface area contributed by atoms with Crippen LogP contribution in [0.1, 0.15) is 15.9 Å². The number of rotatable bonds is 6. The van der Waals surface area contributed by atoms with Gasteiger partial charge in [0.2, 0.25) is 0 Å². The highest BCUT2D eigenvalue weighted by Crippen LogP contribution is 2.19. The number of ether oxygens (including phenoxy) is 3. The van der Waals surface area contributed by atoms with Gasteiger partial charge in [-0.1, -0.05) is 30.3 Å². The average molecular weight is 329 g/mol. The molecule has 0 atom stereocenters. The maximum absolute atomic E-state index is 11.9. The fourth-order valence-electron chi connectivity index (χ4n) is 2.18. The lowest BCUT2D eigenvalue weighted by atomic mass is 10.1. The molecule has 24 heavy (non-hydrogen) atoms. The maximum Gasteiger partial charge on any atom is 0.412 e. The van der Waals surface area contributed by atoms with Gasteiger partial charge in [0, 0.05) is 6.54 Å². The Morgan fingerprint density at radius 2 is 1.62 bits per heavy atom. The normalized spacial score (nSPS) is 9.92. The molecule has 0 aliphatic carbocycles. The van der Waals surface area contributed by atoms with Crippen molar-refractivity contribution >= 4 is 12.1 Å². The Morgan fingerprint density at radius 1 is 0.958 bits per heavy atom. The molecule has 0 heterocycles. The summed E-state index contributed by atoms with van der Waals surface area (Å²) in [7, 11) is 2.87. The second kappa shape index (κ2) is 8.57. The Labute approximate surface area is 140 Å². The molecular formula is C18H19NO5. The van der Waals surface area contributed by atoms with Crippen molar-refractivity contribution in [3.63, 3.8) is 0 Å². The van der Waals surface area contributed by atoms with Crippen molar-refractivity contribution in [3.8, 4) is 11.5 Å². The Morgan fingerprint density at radius 3 is 2.33 bits per heavy atom. The molecule has 1 amide bonds. The van der Waals surface area contributed by atoms with Crippen molar-refractivity contribution in [1.82, 2.24) is 5.32 Å². The second-order valence-electron chi connectivity index (χ2n) is 4.87. The minimum Gasteiger partial charge on any atom is -0.496 e. The number of esters is 1. The van der Waals surface area contributed by atoms with E-state index in [4.69, 9.17) is 9.47 Å². The van der Waals surface area contributed by atoms with Crippen LogP contribution in [0.5, 0.6) is 11.5 Å². The van der Waals surface area contributed by atoms with Crippen LogP contribution in [0.3, 0.4) is 0 Å². The summed E-state index contributed by atoms with van der Waals surface area (Å²) < 4.78 is 15.1. The van der Waals surface area contributed by atoms with Gasteiger partial charge in [0.1, 0.15) is 17.1 Å². The van der Waals surface area contributed by atoms with Crippen LogP contribution in [0.25, 0.3) is 0 Å². The molecule has 0 aliphatic rings. The number of benzene rings is 2. The molecule has 0 bridgehead atoms. The zero-order valence-corrected chi connectivity index (χ0v) is 13.6. The first-order valence-electron chi connectivity index (χ1n) is 7.40. The summed E-state index contributed by atoms with van der Waals surface area (Å²) in [5, 5.41) is 2.65. The molecule has 0 aliphatic heterocycles. The lowest BCUT2D eigenvalue weighted by Crippen LogP contribution is -2.29. The zero-order valence-electron chi connectivity index (χ0n) is 13.6. The smallest absolute Gasteiger partial charge is 0.412 e. The Kier molecular flexibility index (Phi) is 6.19. The zero-order chi connectivity index (χ0) is 17.4. The molecular weight excluding hydrogens is 310 g/mol. The van der Waals surface area contributed by atoms with Gasteiger partial charge in [-0.15, -0.1) is 0 Å². The van der Waals surface area contributed by atoms with Gasteiger partial charge in [-0.25, -0.2) is 9.59 Å². The number of carbonyl (C=O) groups is 2. The average Bonchev–Trinajstić information content (AvgIpc) is 2.62. The third kappa shape index (κ3) is 4.49. The number of amides is 1. The van der Waals surface area contributed by atoms with Gasteiger partial charge >= 0.3 is 12.1 Å². The predicted molar refractivity (Wildman–Crippen MR) is 88.5 cm³/mol. The molecule has 0 aromatic heterocycles. The third-order valence-corrected chi connectivity index (χ3v) is 3.35. The monoisotopic (exact) mass is 329 g/mol. The quantitative estimate of drug-likeness (QED) is 0.825. The SMILES string of the molecule is COC(=O)c1ccccc1OC(=O)NCCc1ccccc1OC. The number of para-hydroxylation sites is 2. The summed E-state index contributed by atoms with van der Waals surface area (Å²) in [5.41, 5.74) is 1.18. The van der Waals surface area contributed by atoms with Gasteiger partial charge in [0.15, 0.2) is 0 Å². The van der Waals surface area contributed by atoms with E-state index in [0.717, 1.165) is 11.3 Å². The van der Waals surface area contributed by atoms with E-state index in [0.29, 0.717) is 13.0 Å². The lowest BCUT2D eigenvalue weighted by molar-refractivity contribution is 0.0598. The Bertz CT molecular complexity index is 714. The van der Waals surface area contributed by atoms with Crippen LogP contribution in [0, 0.1) is 0 Å². The standard InChI is InChI=1S/C18H19NO5/c1-22-15-9-5-3-7-13(15)11-12-19-18(21)24-16-10-6-4-8-14(16)17(20)23-2/h3-10H,11-12H2,1-2H3,(H,19,21). The van der Waals surface area contributed by atoms with Crippen LogP contribution in [-0.4, -0.2) is 32.8 Å². The van der Waals surface area contributed by atoms with Crippen LogP contribution in [0.4, 0.5) is 4.79 Å². The molecule has 0 unspecified atom stereocenters. The summed E-state index contributed by atoms with van der Waals surface area (Å²) in [5.74, 6) is 0.357. The first kappa shape index (κ1) is 17.3. The number of methoxy groups -OCH3 is 2. The predicted octanol–water partition coefficient (Wildman–Crippen LogP) is 2.81. The van der Waals surface area contributed by atoms with Gasteiger partial charge in [0.05, 0.1) is 14.2 Å². The molecule has 126 valence electrons. The van der Waals surface area contributed by atoms with Crippen LogP contribution >= 0.6 is 0 Å². The van der Waals surface area contributed by atoms with Crippen molar-refractivity contribution in [1.29, 1.82) is 0 Å². The molecule has 0 saturated heterocycles. The first-order valence-corrected chi connectivity index (χ1v) is 7.40.